The van der Waals surface area contributed by atoms with Crippen LogP contribution < -0.4 is 10.1 Å². The van der Waals surface area contributed by atoms with Crippen LogP contribution in [0.3, 0.4) is 0 Å². The monoisotopic (exact) mass is 319 g/mol. The number of fused-ring (bicyclic) bond motifs is 1. The zero-order chi connectivity index (χ0) is 16.9. The van der Waals surface area contributed by atoms with Gasteiger partial charge in [0.15, 0.2) is 6.10 Å². The van der Waals surface area contributed by atoms with Crippen LogP contribution in [0.1, 0.15) is 19.4 Å². The SMILES string of the molecule is CCc1ccc(O[C@@H](C)C(=O)Nc2cccc3ccccc23)cc1. The van der Waals surface area contributed by atoms with Crippen molar-refractivity contribution in [3.05, 3.63) is 72.3 Å². The Hall–Kier alpha value is -2.81. The minimum Gasteiger partial charge on any atom is -0.481 e. The van der Waals surface area contributed by atoms with Crippen LogP contribution in [-0.4, -0.2) is 12.0 Å². The molecule has 122 valence electrons. The maximum absolute atomic E-state index is 12.4. The molecule has 0 aliphatic carbocycles. The van der Waals surface area contributed by atoms with Gasteiger partial charge < -0.3 is 10.1 Å². The number of nitrogens with one attached hydrogen (secondary N) is 1. The van der Waals surface area contributed by atoms with Crippen molar-refractivity contribution < 1.29 is 9.53 Å². The van der Waals surface area contributed by atoms with Gasteiger partial charge in [0.25, 0.3) is 5.91 Å². The third kappa shape index (κ3) is 3.57. The Bertz CT molecular complexity index is 835. The number of benzene rings is 3. The number of amides is 1. The number of rotatable bonds is 5. The highest BCUT2D eigenvalue weighted by molar-refractivity contribution is 6.03. The van der Waals surface area contributed by atoms with E-state index in [4.69, 9.17) is 4.74 Å². The van der Waals surface area contributed by atoms with Crippen molar-refractivity contribution >= 4 is 22.4 Å². The molecule has 0 spiro atoms. The highest BCUT2D eigenvalue weighted by Gasteiger charge is 2.15. The van der Waals surface area contributed by atoms with Gasteiger partial charge in [-0.2, -0.15) is 0 Å². The molecule has 0 aliphatic rings. The van der Waals surface area contributed by atoms with Crippen LogP contribution >= 0.6 is 0 Å². The van der Waals surface area contributed by atoms with Crippen LogP contribution in [0.2, 0.25) is 0 Å². The van der Waals surface area contributed by atoms with Gasteiger partial charge in [0.2, 0.25) is 0 Å². The number of aryl methyl sites for hydroxylation is 1. The molecule has 24 heavy (non-hydrogen) atoms. The molecule has 0 saturated heterocycles. The molecular formula is C21H21NO2. The van der Waals surface area contributed by atoms with Gasteiger partial charge in [0, 0.05) is 11.1 Å². The van der Waals surface area contributed by atoms with Gasteiger partial charge in [0.1, 0.15) is 5.75 Å². The fraction of sp³-hybridized carbons (Fsp3) is 0.190. The van der Waals surface area contributed by atoms with Crippen molar-refractivity contribution in [3.8, 4) is 5.75 Å². The lowest BCUT2D eigenvalue weighted by Crippen LogP contribution is -2.30. The zero-order valence-electron chi connectivity index (χ0n) is 14.0. The number of anilines is 1. The molecule has 3 nitrogen and oxygen atoms in total. The molecule has 0 aliphatic heterocycles. The molecular weight excluding hydrogens is 298 g/mol. The lowest BCUT2D eigenvalue weighted by Gasteiger charge is -2.16. The van der Waals surface area contributed by atoms with E-state index in [9.17, 15) is 4.79 Å². The predicted octanol–water partition coefficient (Wildman–Crippen LogP) is 4.81. The summed E-state index contributed by atoms with van der Waals surface area (Å²) in [6, 6.07) is 21.7. The van der Waals surface area contributed by atoms with E-state index in [1.807, 2.05) is 66.7 Å². The van der Waals surface area contributed by atoms with Gasteiger partial charge >= 0.3 is 0 Å². The third-order valence-corrected chi connectivity index (χ3v) is 4.06. The van der Waals surface area contributed by atoms with Crippen LogP contribution in [0.4, 0.5) is 5.69 Å². The second kappa shape index (κ2) is 7.18. The van der Waals surface area contributed by atoms with E-state index < -0.39 is 6.10 Å². The van der Waals surface area contributed by atoms with Crippen molar-refractivity contribution in [2.24, 2.45) is 0 Å². The summed E-state index contributed by atoms with van der Waals surface area (Å²) in [5, 5.41) is 5.08. The molecule has 3 aromatic carbocycles. The predicted molar refractivity (Wildman–Crippen MR) is 98.5 cm³/mol. The van der Waals surface area contributed by atoms with Crippen LogP contribution in [0.15, 0.2) is 66.7 Å². The van der Waals surface area contributed by atoms with Gasteiger partial charge in [-0.15, -0.1) is 0 Å². The molecule has 3 aromatic rings. The summed E-state index contributed by atoms with van der Waals surface area (Å²) in [6.07, 6.45) is 0.411. The lowest BCUT2D eigenvalue weighted by atomic mass is 10.1. The molecule has 0 fully saturated rings. The summed E-state index contributed by atoms with van der Waals surface area (Å²) in [7, 11) is 0. The summed E-state index contributed by atoms with van der Waals surface area (Å²) in [6.45, 7) is 3.87. The minimum absolute atomic E-state index is 0.161. The second-order valence-corrected chi connectivity index (χ2v) is 5.77. The smallest absolute Gasteiger partial charge is 0.265 e. The zero-order valence-corrected chi connectivity index (χ0v) is 14.0. The van der Waals surface area contributed by atoms with E-state index in [1.165, 1.54) is 5.56 Å². The Morgan fingerprint density at radius 2 is 1.71 bits per heavy atom. The molecule has 1 N–H and O–H groups in total. The number of carbonyl (C=O) groups excluding carboxylic acids is 1. The van der Waals surface area contributed by atoms with Gasteiger partial charge in [-0.3, -0.25) is 4.79 Å². The van der Waals surface area contributed by atoms with Crippen LogP contribution in [0, 0.1) is 0 Å². The molecule has 3 rings (SSSR count). The summed E-state index contributed by atoms with van der Waals surface area (Å²) in [5.41, 5.74) is 2.05. The molecule has 0 bridgehead atoms. The molecule has 0 heterocycles. The average Bonchev–Trinajstić information content (AvgIpc) is 2.62. The third-order valence-electron chi connectivity index (χ3n) is 4.06. The summed E-state index contributed by atoms with van der Waals surface area (Å²) >= 11 is 0. The Kier molecular flexibility index (Phi) is 4.80. The van der Waals surface area contributed by atoms with Gasteiger partial charge in [-0.05, 0) is 42.5 Å². The Balaban J connectivity index is 1.71. The normalized spacial score (nSPS) is 11.9. The maximum atomic E-state index is 12.4. The molecule has 0 aromatic heterocycles. The highest BCUT2D eigenvalue weighted by atomic mass is 16.5. The topological polar surface area (TPSA) is 38.3 Å². The van der Waals surface area contributed by atoms with Gasteiger partial charge in [0.05, 0.1) is 0 Å². The molecule has 0 saturated carbocycles. The number of carbonyl (C=O) groups is 1. The first-order valence-corrected chi connectivity index (χ1v) is 8.21. The van der Waals surface area contributed by atoms with Gasteiger partial charge in [-0.1, -0.05) is 55.5 Å². The van der Waals surface area contributed by atoms with E-state index >= 15 is 0 Å². The fourth-order valence-corrected chi connectivity index (χ4v) is 2.63. The van der Waals surface area contributed by atoms with E-state index in [-0.39, 0.29) is 5.91 Å². The Morgan fingerprint density at radius 1 is 1.00 bits per heavy atom. The Morgan fingerprint density at radius 3 is 2.46 bits per heavy atom. The van der Waals surface area contributed by atoms with Crippen molar-refractivity contribution in [1.29, 1.82) is 0 Å². The molecule has 3 heteroatoms. The van der Waals surface area contributed by atoms with E-state index in [0.717, 1.165) is 22.9 Å². The van der Waals surface area contributed by atoms with E-state index in [1.54, 1.807) is 6.92 Å². The standard InChI is InChI=1S/C21H21NO2/c1-3-16-11-13-18(14-12-16)24-15(2)21(23)22-20-10-6-8-17-7-4-5-9-19(17)20/h4-15H,3H2,1-2H3,(H,22,23)/t15-/m0/s1. The van der Waals surface area contributed by atoms with Crippen molar-refractivity contribution in [2.75, 3.05) is 5.32 Å². The van der Waals surface area contributed by atoms with E-state index in [2.05, 4.69) is 12.2 Å². The van der Waals surface area contributed by atoms with Crippen LogP contribution in [0.5, 0.6) is 5.75 Å². The van der Waals surface area contributed by atoms with Crippen LogP contribution in [0.25, 0.3) is 10.8 Å². The fourth-order valence-electron chi connectivity index (χ4n) is 2.63. The highest BCUT2D eigenvalue weighted by Crippen LogP contribution is 2.23. The van der Waals surface area contributed by atoms with E-state index in [0.29, 0.717) is 5.75 Å². The molecule has 0 unspecified atom stereocenters. The quantitative estimate of drug-likeness (QED) is 0.733. The number of hydrogen-bond acceptors (Lipinski definition) is 2. The molecule has 1 atom stereocenters. The first-order chi connectivity index (χ1) is 11.7. The minimum atomic E-state index is -0.573. The maximum Gasteiger partial charge on any atom is 0.265 e. The second-order valence-electron chi connectivity index (χ2n) is 5.77. The summed E-state index contributed by atoms with van der Waals surface area (Å²) in [5.74, 6) is 0.540. The van der Waals surface area contributed by atoms with Crippen LogP contribution in [-0.2, 0) is 11.2 Å². The molecule has 1 amide bonds. The first-order valence-electron chi connectivity index (χ1n) is 8.21. The van der Waals surface area contributed by atoms with Gasteiger partial charge in [-0.25, -0.2) is 0 Å². The first kappa shape index (κ1) is 16.1. The number of hydrogen-bond donors (Lipinski definition) is 1. The molecule has 0 radical (unpaired) electrons. The average molecular weight is 319 g/mol. The van der Waals surface area contributed by atoms with Crippen molar-refractivity contribution in [2.45, 2.75) is 26.4 Å². The largest absolute Gasteiger partial charge is 0.481 e. The summed E-state index contributed by atoms with van der Waals surface area (Å²) < 4.78 is 5.75. The van der Waals surface area contributed by atoms with Crippen molar-refractivity contribution in [3.63, 3.8) is 0 Å². The van der Waals surface area contributed by atoms with Crippen molar-refractivity contribution in [1.82, 2.24) is 0 Å². The Labute approximate surface area is 142 Å². The lowest BCUT2D eigenvalue weighted by molar-refractivity contribution is -0.122. The number of ether oxygens (including phenoxy) is 1. The summed E-state index contributed by atoms with van der Waals surface area (Å²) in [4.78, 5) is 12.4.